The Kier molecular flexibility index (Phi) is 3.49. The van der Waals surface area contributed by atoms with Crippen molar-refractivity contribution in [2.75, 3.05) is 11.9 Å². The average molecular weight is 368 g/mol. The van der Waals surface area contributed by atoms with Crippen LogP contribution in [0, 0.1) is 13.8 Å². The third-order valence-corrected chi connectivity index (χ3v) is 5.03. The van der Waals surface area contributed by atoms with Crippen molar-refractivity contribution in [3.8, 4) is 16.9 Å². The molecular formula is C19H18BrN3. The minimum Gasteiger partial charge on any atom is -0.369 e. The number of nitrogens with one attached hydrogen (secondary N) is 1. The zero-order valence-electron chi connectivity index (χ0n) is 13.2. The molecule has 0 amide bonds. The Balaban J connectivity index is 1.87. The van der Waals surface area contributed by atoms with E-state index in [0.717, 1.165) is 40.2 Å². The van der Waals surface area contributed by atoms with Crippen LogP contribution in [0.15, 0.2) is 46.9 Å². The van der Waals surface area contributed by atoms with E-state index in [1.165, 1.54) is 16.7 Å². The minimum atomic E-state index is 0.974. The second-order valence-corrected chi connectivity index (χ2v) is 6.96. The van der Waals surface area contributed by atoms with Crippen LogP contribution in [-0.4, -0.2) is 16.3 Å². The highest BCUT2D eigenvalue weighted by Gasteiger charge is 2.23. The van der Waals surface area contributed by atoms with Gasteiger partial charge in [0, 0.05) is 22.1 Å². The molecule has 4 rings (SSSR count). The predicted octanol–water partition coefficient (Wildman–Crippen LogP) is 4.89. The Labute approximate surface area is 144 Å². The number of hydrogen-bond donors (Lipinski definition) is 1. The van der Waals surface area contributed by atoms with Gasteiger partial charge in [-0.05, 0) is 55.7 Å². The van der Waals surface area contributed by atoms with Crippen molar-refractivity contribution in [2.45, 2.75) is 20.3 Å². The molecule has 4 heteroatoms. The monoisotopic (exact) mass is 367 g/mol. The molecule has 0 spiro atoms. The zero-order valence-corrected chi connectivity index (χ0v) is 14.8. The Morgan fingerprint density at radius 2 is 1.83 bits per heavy atom. The molecule has 1 aliphatic heterocycles. The number of halogens is 1. The number of benzene rings is 2. The molecule has 0 saturated heterocycles. The molecule has 116 valence electrons. The quantitative estimate of drug-likeness (QED) is 0.698. The van der Waals surface area contributed by atoms with Gasteiger partial charge in [0.1, 0.15) is 5.82 Å². The van der Waals surface area contributed by atoms with Gasteiger partial charge in [-0.3, -0.25) is 0 Å². The van der Waals surface area contributed by atoms with Crippen LogP contribution in [0.1, 0.15) is 16.7 Å². The Bertz CT molecular complexity index is 878. The van der Waals surface area contributed by atoms with Gasteiger partial charge in [0.15, 0.2) is 0 Å². The van der Waals surface area contributed by atoms with Crippen LogP contribution in [-0.2, 0) is 6.42 Å². The third kappa shape index (κ3) is 2.47. The van der Waals surface area contributed by atoms with Crippen molar-refractivity contribution in [1.29, 1.82) is 0 Å². The summed E-state index contributed by atoms with van der Waals surface area (Å²) in [7, 11) is 0. The van der Waals surface area contributed by atoms with E-state index in [2.05, 4.69) is 77.6 Å². The van der Waals surface area contributed by atoms with Crippen LogP contribution in [0.3, 0.4) is 0 Å². The number of hydrogen-bond acceptors (Lipinski definition) is 2. The van der Waals surface area contributed by atoms with Crippen molar-refractivity contribution in [3.05, 3.63) is 63.6 Å². The van der Waals surface area contributed by atoms with Crippen LogP contribution < -0.4 is 5.32 Å². The third-order valence-electron chi connectivity index (χ3n) is 4.50. The van der Waals surface area contributed by atoms with Gasteiger partial charge in [-0.1, -0.05) is 34.1 Å². The van der Waals surface area contributed by atoms with Crippen molar-refractivity contribution < 1.29 is 0 Å². The Morgan fingerprint density at radius 3 is 2.57 bits per heavy atom. The maximum Gasteiger partial charge on any atom is 0.133 e. The van der Waals surface area contributed by atoms with Gasteiger partial charge >= 0.3 is 0 Å². The fraction of sp³-hybridized carbons (Fsp3) is 0.211. The lowest BCUT2D eigenvalue weighted by molar-refractivity contribution is 0.880. The first-order valence-corrected chi connectivity index (χ1v) is 8.62. The number of aryl methyl sites for hydroxylation is 2. The lowest BCUT2D eigenvalue weighted by atomic mass is 10.1. The van der Waals surface area contributed by atoms with E-state index < -0.39 is 0 Å². The molecule has 1 N–H and O–H groups in total. The van der Waals surface area contributed by atoms with Crippen molar-refractivity contribution in [2.24, 2.45) is 0 Å². The second kappa shape index (κ2) is 5.53. The molecular weight excluding hydrogens is 350 g/mol. The Morgan fingerprint density at radius 1 is 1.04 bits per heavy atom. The predicted molar refractivity (Wildman–Crippen MR) is 98.4 cm³/mol. The molecule has 0 radical (unpaired) electrons. The summed E-state index contributed by atoms with van der Waals surface area (Å²) >= 11 is 3.50. The number of anilines is 1. The summed E-state index contributed by atoms with van der Waals surface area (Å²) in [5.74, 6) is 1.13. The van der Waals surface area contributed by atoms with E-state index in [4.69, 9.17) is 5.10 Å². The molecule has 3 aromatic rings. The van der Waals surface area contributed by atoms with Gasteiger partial charge in [0.2, 0.25) is 0 Å². The maximum absolute atomic E-state index is 4.91. The average Bonchev–Trinajstić information content (AvgIpc) is 3.13. The molecule has 1 aliphatic rings. The van der Waals surface area contributed by atoms with E-state index in [-0.39, 0.29) is 0 Å². The van der Waals surface area contributed by atoms with Crippen molar-refractivity contribution >= 4 is 21.7 Å². The van der Waals surface area contributed by atoms with Crippen LogP contribution in [0.4, 0.5) is 5.82 Å². The van der Waals surface area contributed by atoms with Gasteiger partial charge in [0.25, 0.3) is 0 Å². The van der Waals surface area contributed by atoms with Crippen molar-refractivity contribution in [3.63, 3.8) is 0 Å². The summed E-state index contributed by atoms with van der Waals surface area (Å²) < 4.78 is 3.14. The first kappa shape index (κ1) is 14.5. The van der Waals surface area contributed by atoms with Crippen LogP contribution in [0.5, 0.6) is 0 Å². The topological polar surface area (TPSA) is 29.9 Å². The van der Waals surface area contributed by atoms with Crippen LogP contribution >= 0.6 is 15.9 Å². The SMILES string of the molecule is Cc1ccc(-n2nc(-c3ccc(Br)cc3)c3c2NCC3)cc1C. The van der Waals surface area contributed by atoms with Gasteiger partial charge < -0.3 is 5.32 Å². The molecule has 0 aliphatic carbocycles. The molecule has 0 unspecified atom stereocenters. The van der Waals surface area contributed by atoms with E-state index in [9.17, 15) is 0 Å². The summed E-state index contributed by atoms with van der Waals surface area (Å²) in [5, 5.41) is 8.41. The van der Waals surface area contributed by atoms with Crippen LogP contribution in [0.25, 0.3) is 16.9 Å². The Hall–Kier alpha value is -2.07. The highest BCUT2D eigenvalue weighted by Crippen LogP contribution is 2.35. The summed E-state index contributed by atoms with van der Waals surface area (Å²) in [6.07, 6.45) is 1.02. The normalized spacial score (nSPS) is 13.0. The van der Waals surface area contributed by atoms with E-state index in [0.29, 0.717) is 0 Å². The van der Waals surface area contributed by atoms with E-state index >= 15 is 0 Å². The van der Waals surface area contributed by atoms with Gasteiger partial charge in [-0.25, -0.2) is 4.68 Å². The van der Waals surface area contributed by atoms with Gasteiger partial charge in [0.05, 0.1) is 11.4 Å². The van der Waals surface area contributed by atoms with Gasteiger partial charge in [-0.15, -0.1) is 0 Å². The molecule has 3 nitrogen and oxygen atoms in total. The standard InChI is InChI=1S/C19H18BrN3/c1-12-3-8-16(11-13(12)2)23-19-17(9-10-21-19)18(22-23)14-4-6-15(20)7-5-14/h3-8,11,21H,9-10H2,1-2H3. The summed E-state index contributed by atoms with van der Waals surface area (Å²) in [5.41, 5.74) is 7.26. The van der Waals surface area contributed by atoms with Crippen LogP contribution in [0.2, 0.25) is 0 Å². The molecule has 23 heavy (non-hydrogen) atoms. The summed E-state index contributed by atoms with van der Waals surface area (Å²) in [6.45, 7) is 5.26. The molecule has 2 heterocycles. The molecule has 2 aromatic carbocycles. The fourth-order valence-corrected chi connectivity index (χ4v) is 3.32. The first-order chi connectivity index (χ1) is 11.1. The number of nitrogens with zero attached hydrogens (tertiary/aromatic N) is 2. The molecule has 0 atom stereocenters. The largest absolute Gasteiger partial charge is 0.369 e. The number of fused-ring (bicyclic) bond motifs is 1. The fourth-order valence-electron chi connectivity index (χ4n) is 3.06. The van der Waals surface area contributed by atoms with E-state index in [1.54, 1.807) is 0 Å². The lowest BCUT2D eigenvalue weighted by Gasteiger charge is -2.08. The maximum atomic E-state index is 4.91. The lowest BCUT2D eigenvalue weighted by Crippen LogP contribution is -2.04. The summed E-state index contributed by atoms with van der Waals surface area (Å²) in [6, 6.07) is 14.9. The smallest absolute Gasteiger partial charge is 0.133 e. The molecule has 0 bridgehead atoms. The summed E-state index contributed by atoms with van der Waals surface area (Å²) in [4.78, 5) is 0. The minimum absolute atomic E-state index is 0.974. The molecule has 1 aromatic heterocycles. The molecule has 0 fully saturated rings. The molecule has 0 saturated carbocycles. The van der Waals surface area contributed by atoms with E-state index in [1.807, 2.05) is 4.68 Å². The van der Waals surface area contributed by atoms with Crippen molar-refractivity contribution in [1.82, 2.24) is 9.78 Å². The first-order valence-electron chi connectivity index (χ1n) is 7.83. The highest BCUT2D eigenvalue weighted by molar-refractivity contribution is 9.10. The second-order valence-electron chi connectivity index (χ2n) is 6.04. The van der Waals surface area contributed by atoms with Gasteiger partial charge in [-0.2, -0.15) is 5.10 Å². The zero-order chi connectivity index (χ0) is 16.0. The number of aromatic nitrogens is 2. The number of rotatable bonds is 2. The highest BCUT2D eigenvalue weighted by atomic mass is 79.9.